The molecule has 0 heterocycles. The van der Waals surface area contributed by atoms with Crippen LogP contribution < -0.4 is 5.32 Å². The molecule has 2 heteroatoms. The van der Waals surface area contributed by atoms with E-state index in [1.54, 1.807) is 0 Å². The molecular formula is C17H33NO. The molecule has 0 amide bonds. The van der Waals surface area contributed by atoms with Gasteiger partial charge < -0.3 is 10.1 Å². The van der Waals surface area contributed by atoms with Crippen LogP contribution in [-0.4, -0.2) is 25.3 Å². The molecule has 3 atom stereocenters. The van der Waals surface area contributed by atoms with E-state index in [-0.39, 0.29) is 0 Å². The number of rotatable bonds is 7. The van der Waals surface area contributed by atoms with Gasteiger partial charge in [0, 0.05) is 12.6 Å². The topological polar surface area (TPSA) is 21.3 Å². The minimum absolute atomic E-state index is 0.572. The number of hydrogen-bond donors (Lipinski definition) is 1. The van der Waals surface area contributed by atoms with Gasteiger partial charge in [-0.3, -0.25) is 0 Å². The highest BCUT2D eigenvalue weighted by molar-refractivity contribution is 4.88. The SMILES string of the molecule is CCNC(CC1CC(OCC)C1)C1CCCC(C)C1. The molecule has 19 heavy (non-hydrogen) atoms. The van der Waals surface area contributed by atoms with Crippen molar-refractivity contribution in [2.45, 2.75) is 77.9 Å². The molecule has 0 aliphatic heterocycles. The van der Waals surface area contributed by atoms with Crippen LogP contribution in [0, 0.1) is 17.8 Å². The number of hydrogen-bond acceptors (Lipinski definition) is 2. The molecule has 2 aliphatic rings. The van der Waals surface area contributed by atoms with Crippen LogP contribution in [0.2, 0.25) is 0 Å². The Morgan fingerprint density at radius 2 is 1.95 bits per heavy atom. The van der Waals surface area contributed by atoms with Crippen LogP contribution >= 0.6 is 0 Å². The van der Waals surface area contributed by atoms with Crippen molar-refractivity contribution in [3.05, 3.63) is 0 Å². The second-order valence-corrected chi connectivity index (χ2v) is 6.85. The van der Waals surface area contributed by atoms with Crippen molar-refractivity contribution in [3.8, 4) is 0 Å². The van der Waals surface area contributed by atoms with Gasteiger partial charge in [0.25, 0.3) is 0 Å². The molecule has 0 radical (unpaired) electrons. The molecule has 2 fully saturated rings. The summed E-state index contributed by atoms with van der Waals surface area (Å²) >= 11 is 0. The van der Waals surface area contributed by atoms with Crippen LogP contribution in [-0.2, 0) is 4.74 Å². The van der Waals surface area contributed by atoms with E-state index in [1.807, 2.05) is 0 Å². The van der Waals surface area contributed by atoms with Crippen LogP contribution in [0.5, 0.6) is 0 Å². The molecule has 0 aromatic heterocycles. The normalized spacial score (nSPS) is 36.8. The third-order valence-corrected chi connectivity index (χ3v) is 5.19. The summed E-state index contributed by atoms with van der Waals surface area (Å²) in [6.07, 6.45) is 10.3. The van der Waals surface area contributed by atoms with E-state index in [1.165, 1.54) is 44.9 Å². The maximum atomic E-state index is 5.69. The molecule has 0 saturated heterocycles. The first-order valence-electron chi connectivity index (χ1n) is 8.57. The molecule has 3 unspecified atom stereocenters. The van der Waals surface area contributed by atoms with E-state index in [4.69, 9.17) is 4.74 Å². The van der Waals surface area contributed by atoms with Crippen LogP contribution in [0.1, 0.15) is 65.7 Å². The molecule has 2 nitrogen and oxygen atoms in total. The van der Waals surface area contributed by atoms with E-state index in [2.05, 4.69) is 26.1 Å². The van der Waals surface area contributed by atoms with Gasteiger partial charge in [-0.25, -0.2) is 0 Å². The third kappa shape index (κ3) is 4.46. The molecule has 2 rings (SSSR count). The van der Waals surface area contributed by atoms with Gasteiger partial charge >= 0.3 is 0 Å². The highest BCUT2D eigenvalue weighted by Gasteiger charge is 2.34. The average molecular weight is 267 g/mol. The molecule has 1 N–H and O–H groups in total. The summed E-state index contributed by atoms with van der Waals surface area (Å²) in [6.45, 7) is 8.80. The Morgan fingerprint density at radius 1 is 1.16 bits per heavy atom. The summed E-state index contributed by atoms with van der Waals surface area (Å²) in [4.78, 5) is 0. The van der Waals surface area contributed by atoms with Gasteiger partial charge in [0.1, 0.15) is 0 Å². The lowest BCUT2D eigenvalue weighted by atomic mass is 9.72. The van der Waals surface area contributed by atoms with E-state index in [0.29, 0.717) is 6.10 Å². The minimum atomic E-state index is 0.572. The van der Waals surface area contributed by atoms with Crippen molar-refractivity contribution in [1.82, 2.24) is 5.32 Å². The molecule has 0 bridgehead atoms. The second-order valence-electron chi connectivity index (χ2n) is 6.85. The molecule has 0 aromatic rings. The monoisotopic (exact) mass is 267 g/mol. The summed E-state index contributed by atoms with van der Waals surface area (Å²) < 4.78 is 5.69. The molecule has 0 spiro atoms. The Morgan fingerprint density at radius 3 is 2.58 bits per heavy atom. The highest BCUT2D eigenvalue weighted by atomic mass is 16.5. The summed E-state index contributed by atoms with van der Waals surface area (Å²) in [7, 11) is 0. The summed E-state index contributed by atoms with van der Waals surface area (Å²) in [5, 5.41) is 3.78. The largest absolute Gasteiger partial charge is 0.378 e. The Balaban J connectivity index is 1.76. The molecule has 0 aromatic carbocycles. The fourth-order valence-corrected chi connectivity index (χ4v) is 4.15. The Bertz CT molecular complexity index is 250. The second kappa shape index (κ2) is 7.64. The summed E-state index contributed by atoms with van der Waals surface area (Å²) in [5.74, 6) is 2.78. The van der Waals surface area contributed by atoms with Crippen LogP contribution in [0.3, 0.4) is 0 Å². The van der Waals surface area contributed by atoms with Gasteiger partial charge in [-0.1, -0.05) is 26.7 Å². The van der Waals surface area contributed by atoms with E-state index in [9.17, 15) is 0 Å². The van der Waals surface area contributed by atoms with Crippen molar-refractivity contribution in [3.63, 3.8) is 0 Å². The average Bonchev–Trinajstić information content (AvgIpc) is 2.35. The minimum Gasteiger partial charge on any atom is -0.378 e. The predicted octanol–water partition coefficient (Wildman–Crippen LogP) is 4.00. The fraction of sp³-hybridized carbons (Fsp3) is 1.00. The smallest absolute Gasteiger partial charge is 0.0580 e. The van der Waals surface area contributed by atoms with Gasteiger partial charge in [-0.15, -0.1) is 0 Å². The van der Waals surface area contributed by atoms with Crippen LogP contribution in [0.15, 0.2) is 0 Å². The van der Waals surface area contributed by atoms with Gasteiger partial charge in [-0.05, 0) is 63.3 Å². The highest BCUT2D eigenvalue weighted by Crippen LogP contribution is 2.38. The molecule has 2 aliphatic carbocycles. The Labute approximate surface area is 119 Å². The number of ether oxygens (including phenoxy) is 1. The first-order valence-corrected chi connectivity index (χ1v) is 8.57. The first-order chi connectivity index (χ1) is 9.22. The van der Waals surface area contributed by atoms with E-state index < -0.39 is 0 Å². The lowest BCUT2D eigenvalue weighted by Gasteiger charge is -2.40. The lowest BCUT2D eigenvalue weighted by Crippen LogP contribution is -2.43. The lowest BCUT2D eigenvalue weighted by molar-refractivity contribution is -0.0315. The van der Waals surface area contributed by atoms with Gasteiger partial charge in [0.05, 0.1) is 6.10 Å². The van der Waals surface area contributed by atoms with Crippen LogP contribution in [0.25, 0.3) is 0 Å². The first kappa shape index (κ1) is 15.3. The van der Waals surface area contributed by atoms with Crippen molar-refractivity contribution in [1.29, 1.82) is 0 Å². The van der Waals surface area contributed by atoms with Crippen molar-refractivity contribution < 1.29 is 4.74 Å². The van der Waals surface area contributed by atoms with Gasteiger partial charge in [-0.2, -0.15) is 0 Å². The summed E-state index contributed by atoms with van der Waals surface area (Å²) in [6, 6.07) is 0.764. The maximum absolute atomic E-state index is 5.69. The third-order valence-electron chi connectivity index (χ3n) is 5.19. The van der Waals surface area contributed by atoms with Gasteiger partial charge in [0.15, 0.2) is 0 Å². The molecule has 112 valence electrons. The van der Waals surface area contributed by atoms with E-state index >= 15 is 0 Å². The number of nitrogens with one attached hydrogen (secondary N) is 1. The Hall–Kier alpha value is -0.0800. The van der Waals surface area contributed by atoms with Crippen molar-refractivity contribution in [2.75, 3.05) is 13.2 Å². The van der Waals surface area contributed by atoms with Gasteiger partial charge in [0.2, 0.25) is 0 Å². The fourth-order valence-electron chi connectivity index (χ4n) is 4.15. The molecule has 2 saturated carbocycles. The Kier molecular flexibility index (Phi) is 6.15. The zero-order valence-electron chi connectivity index (χ0n) is 13.2. The quantitative estimate of drug-likeness (QED) is 0.753. The zero-order valence-corrected chi connectivity index (χ0v) is 13.2. The van der Waals surface area contributed by atoms with Crippen LogP contribution in [0.4, 0.5) is 0 Å². The van der Waals surface area contributed by atoms with Crippen molar-refractivity contribution >= 4 is 0 Å². The summed E-state index contributed by atoms with van der Waals surface area (Å²) in [5.41, 5.74) is 0. The van der Waals surface area contributed by atoms with E-state index in [0.717, 1.165) is 36.9 Å². The standard InChI is InChI=1S/C17H33NO/c1-4-18-17(15-8-6-7-13(3)9-15)12-14-10-16(11-14)19-5-2/h13-18H,4-12H2,1-3H3. The predicted molar refractivity (Wildman–Crippen MR) is 81.3 cm³/mol. The maximum Gasteiger partial charge on any atom is 0.0580 e. The zero-order chi connectivity index (χ0) is 13.7. The molecular weight excluding hydrogens is 234 g/mol. The van der Waals surface area contributed by atoms with Crippen molar-refractivity contribution in [2.24, 2.45) is 17.8 Å².